The molecule has 0 radical (unpaired) electrons. The van der Waals surface area contributed by atoms with E-state index in [0.717, 1.165) is 38.0 Å². The molecular formula is C41H56N4O6S2. The Balaban J connectivity index is 1.22. The summed E-state index contributed by atoms with van der Waals surface area (Å²) in [4.78, 5) is 43.2. The molecule has 15 unspecified atom stereocenters. The summed E-state index contributed by atoms with van der Waals surface area (Å²) in [6.45, 7) is 7.25. The Labute approximate surface area is 322 Å². The third-order valence-corrected chi connectivity index (χ3v) is 17.9. The van der Waals surface area contributed by atoms with Gasteiger partial charge in [0.1, 0.15) is 17.3 Å². The molecule has 6 heterocycles. The van der Waals surface area contributed by atoms with Gasteiger partial charge in [-0.15, -0.1) is 0 Å². The second kappa shape index (κ2) is 13.9. The van der Waals surface area contributed by atoms with Gasteiger partial charge in [0.15, 0.2) is 0 Å². The first-order chi connectivity index (χ1) is 25.5. The minimum atomic E-state index is -1.00. The number of amides is 1. The zero-order chi connectivity index (χ0) is 36.8. The molecule has 9 aliphatic rings. The number of hydrogen-bond donors (Lipinski definition) is 3. The van der Waals surface area contributed by atoms with Crippen LogP contribution in [0.5, 0.6) is 0 Å². The summed E-state index contributed by atoms with van der Waals surface area (Å²) in [7, 11) is 5.94. The van der Waals surface area contributed by atoms with E-state index >= 15 is 0 Å². The van der Waals surface area contributed by atoms with Gasteiger partial charge in [-0.25, -0.2) is 4.79 Å². The second-order valence-corrected chi connectivity index (χ2v) is 20.4. The molecule has 288 valence electrons. The molecule has 6 aliphatic heterocycles. The van der Waals surface area contributed by atoms with Gasteiger partial charge < -0.3 is 35.5 Å². The predicted octanol–water partition coefficient (Wildman–Crippen LogP) is 4.34. The van der Waals surface area contributed by atoms with Crippen molar-refractivity contribution in [3.8, 4) is 11.8 Å². The topological polar surface area (TPSA) is 132 Å². The van der Waals surface area contributed by atoms with Gasteiger partial charge in [-0.2, -0.15) is 0 Å². The van der Waals surface area contributed by atoms with E-state index in [-0.39, 0.29) is 77.9 Å². The molecule has 10 nitrogen and oxygen atoms in total. The summed E-state index contributed by atoms with van der Waals surface area (Å²) in [6, 6.07) is 0.460. The van der Waals surface area contributed by atoms with Crippen LogP contribution in [0.4, 0.5) is 0 Å². The Kier molecular flexibility index (Phi) is 9.59. The molecule has 7 fully saturated rings. The van der Waals surface area contributed by atoms with E-state index in [9.17, 15) is 14.4 Å². The molecule has 53 heavy (non-hydrogen) atoms. The van der Waals surface area contributed by atoms with Crippen molar-refractivity contribution in [1.82, 2.24) is 15.5 Å². The number of esters is 2. The van der Waals surface area contributed by atoms with Crippen LogP contribution in [0.1, 0.15) is 85.0 Å². The maximum atomic E-state index is 14.6. The number of ether oxygens (including phenoxy) is 3. The summed E-state index contributed by atoms with van der Waals surface area (Å²) < 4.78 is 20.5. The van der Waals surface area contributed by atoms with E-state index in [1.807, 2.05) is 48.6 Å². The van der Waals surface area contributed by atoms with Crippen molar-refractivity contribution in [3.63, 3.8) is 0 Å². The quantitative estimate of drug-likeness (QED) is 0.125. The van der Waals surface area contributed by atoms with Gasteiger partial charge >= 0.3 is 11.9 Å². The molecular weight excluding hydrogens is 709 g/mol. The standard InChI is InChI=1S/C41H56N4O6S2/c1-5-21(2)39(48)51-40(3)16-24-8-6-7-23-12-32-38-28(37(23)43-4)19-45(38)34(46)13-26-18-44-33(42)14-27(26)36(29(24)20-52-53-32)41(40)17-25-11-22-9-10-35(47)49-30(22)15-31(25)50-41/h5,22-23,25-28,30-33,36-38,43-44H,8-20,42H2,1-4H3. The Morgan fingerprint density at radius 1 is 1.15 bits per heavy atom. The van der Waals surface area contributed by atoms with Gasteiger partial charge in [0.2, 0.25) is 5.91 Å². The molecule has 3 aliphatic carbocycles. The lowest BCUT2D eigenvalue weighted by Crippen LogP contribution is -2.72. The highest BCUT2D eigenvalue weighted by atomic mass is 33.1. The van der Waals surface area contributed by atoms with Crippen LogP contribution in [0.2, 0.25) is 0 Å². The Morgan fingerprint density at radius 2 is 2.00 bits per heavy atom. The van der Waals surface area contributed by atoms with E-state index in [1.54, 1.807) is 0 Å². The summed E-state index contributed by atoms with van der Waals surface area (Å²) in [5.41, 5.74) is 8.17. The predicted molar refractivity (Wildman–Crippen MR) is 205 cm³/mol. The molecule has 12 heteroatoms. The molecule has 15 atom stereocenters. The van der Waals surface area contributed by atoms with Crippen molar-refractivity contribution in [1.29, 1.82) is 0 Å². The first-order valence-electron chi connectivity index (χ1n) is 20.2. The molecule has 3 bridgehead atoms. The fourth-order valence-electron chi connectivity index (χ4n) is 12.5. The maximum absolute atomic E-state index is 14.6. The Morgan fingerprint density at radius 3 is 2.81 bits per heavy atom. The monoisotopic (exact) mass is 764 g/mol. The third kappa shape index (κ3) is 5.96. The minimum absolute atomic E-state index is 0.0268. The van der Waals surface area contributed by atoms with Crippen LogP contribution in [-0.2, 0) is 28.6 Å². The maximum Gasteiger partial charge on any atom is 0.334 e. The van der Waals surface area contributed by atoms with E-state index < -0.39 is 11.2 Å². The first-order valence-corrected chi connectivity index (χ1v) is 22.6. The van der Waals surface area contributed by atoms with Crippen molar-refractivity contribution < 1.29 is 28.6 Å². The molecule has 0 aromatic heterocycles. The molecule has 0 aromatic rings. The first kappa shape index (κ1) is 36.6. The van der Waals surface area contributed by atoms with E-state index in [1.165, 1.54) is 11.1 Å². The fourth-order valence-corrected chi connectivity index (χ4v) is 15.7. The summed E-state index contributed by atoms with van der Waals surface area (Å²) in [6.07, 6.45) is 8.27. The smallest absolute Gasteiger partial charge is 0.334 e. The van der Waals surface area contributed by atoms with Crippen molar-refractivity contribution in [3.05, 3.63) is 22.8 Å². The molecule has 9 rings (SSSR count). The van der Waals surface area contributed by atoms with Gasteiger partial charge in [-0.3, -0.25) is 9.59 Å². The highest BCUT2D eigenvalue weighted by molar-refractivity contribution is 8.77. The number of hydrogen-bond acceptors (Lipinski definition) is 11. The number of nitrogens with zero attached hydrogens (tertiary/aromatic N) is 1. The SMILES string of the molecule is CC=C(C)C(=O)OC1(C)CC2=C3CSSC4CC(C#CC2)C(NC)C2CN(C(=O)CC5CNC(N)CC5C3C13CC1CC5CCC(=O)OC5CC1O3)C42. The van der Waals surface area contributed by atoms with Crippen LogP contribution >= 0.6 is 21.6 Å². The number of allylic oxidation sites excluding steroid dienone is 1. The van der Waals surface area contributed by atoms with Crippen molar-refractivity contribution in [2.24, 2.45) is 47.2 Å². The number of nitrogens with one attached hydrogen (secondary N) is 2. The van der Waals surface area contributed by atoms with E-state index in [2.05, 4.69) is 34.3 Å². The van der Waals surface area contributed by atoms with Gasteiger partial charge in [-0.05, 0) is 83.6 Å². The number of fused-ring (bicyclic) bond motifs is 8. The lowest BCUT2D eigenvalue weighted by atomic mass is 9.54. The molecule has 5 saturated heterocycles. The highest BCUT2D eigenvalue weighted by Gasteiger charge is 2.69. The fraction of sp³-hybridized carbons (Fsp3) is 0.780. The van der Waals surface area contributed by atoms with E-state index in [4.69, 9.17) is 19.9 Å². The highest BCUT2D eigenvalue weighted by Crippen LogP contribution is 2.64. The van der Waals surface area contributed by atoms with E-state index in [0.29, 0.717) is 67.7 Å². The summed E-state index contributed by atoms with van der Waals surface area (Å²) in [5, 5.41) is 7.50. The van der Waals surface area contributed by atoms with Gasteiger partial charge in [0, 0.05) is 85.6 Å². The zero-order valence-electron chi connectivity index (χ0n) is 31.6. The van der Waals surface area contributed by atoms with Crippen LogP contribution in [0.25, 0.3) is 0 Å². The largest absolute Gasteiger partial charge is 0.462 e. The molecule has 4 N–H and O–H groups in total. The van der Waals surface area contributed by atoms with Crippen LogP contribution in [0, 0.1) is 53.3 Å². The number of piperidine rings is 1. The van der Waals surface area contributed by atoms with Crippen LogP contribution in [0.15, 0.2) is 22.8 Å². The van der Waals surface area contributed by atoms with Crippen molar-refractivity contribution in [2.75, 3.05) is 25.9 Å². The molecule has 1 amide bonds. The molecule has 0 aromatic carbocycles. The average Bonchev–Trinajstić information content (AvgIpc) is 3.47. The number of nitrogens with two attached hydrogens (primary N) is 1. The zero-order valence-corrected chi connectivity index (χ0v) is 33.2. The normalized spacial score (nSPS) is 47.5. The summed E-state index contributed by atoms with van der Waals surface area (Å²) in [5.74, 6) is 9.19. The average molecular weight is 765 g/mol. The number of carbonyl (C=O) groups is 3. The van der Waals surface area contributed by atoms with Crippen molar-refractivity contribution in [2.45, 2.75) is 132 Å². The van der Waals surface area contributed by atoms with Crippen LogP contribution < -0.4 is 16.4 Å². The Bertz CT molecular complexity index is 1680. The molecule has 2 saturated carbocycles. The summed E-state index contributed by atoms with van der Waals surface area (Å²) >= 11 is 0. The third-order valence-electron chi connectivity index (χ3n) is 15.2. The van der Waals surface area contributed by atoms with Crippen molar-refractivity contribution >= 4 is 39.4 Å². The van der Waals surface area contributed by atoms with Crippen LogP contribution in [0.3, 0.4) is 0 Å². The Hall–Kier alpha value is -2.01. The van der Waals surface area contributed by atoms with Gasteiger partial charge in [-0.1, -0.05) is 50.7 Å². The number of carbonyl (C=O) groups excluding carboxylic acids is 3. The van der Waals surface area contributed by atoms with Gasteiger partial charge in [0.05, 0.1) is 18.3 Å². The molecule has 1 spiro atoms. The number of rotatable bonds is 3. The second-order valence-electron chi connectivity index (χ2n) is 17.8. The van der Waals surface area contributed by atoms with Crippen LogP contribution in [-0.4, -0.2) is 95.5 Å². The minimum Gasteiger partial charge on any atom is -0.462 e. The lowest BCUT2D eigenvalue weighted by molar-refractivity contribution is -0.230. The van der Waals surface area contributed by atoms with Gasteiger partial charge in [0.25, 0.3) is 0 Å². The lowest BCUT2D eigenvalue weighted by Gasteiger charge is -2.60.